The Bertz CT molecular complexity index is 830. The minimum Gasteiger partial charge on any atom is -0.390 e. The lowest BCUT2D eigenvalue weighted by Crippen LogP contribution is -2.42. The van der Waals surface area contributed by atoms with E-state index in [0.717, 1.165) is 30.8 Å². The van der Waals surface area contributed by atoms with Crippen molar-refractivity contribution in [3.63, 3.8) is 0 Å². The van der Waals surface area contributed by atoms with Crippen LogP contribution in [0.1, 0.15) is 37.9 Å². The quantitative estimate of drug-likeness (QED) is 0.829. The Kier molecular flexibility index (Phi) is 5.29. The van der Waals surface area contributed by atoms with Crippen molar-refractivity contribution in [1.82, 2.24) is 19.6 Å². The Morgan fingerprint density at radius 1 is 1.32 bits per heavy atom. The number of rotatable bonds is 6. The first-order valence-electron chi connectivity index (χ1n) is 10.2. The Morgan fingerprint density at radius 2 is 2.07 bits per heavy atom. The molecular weight excluding hydrogens is 355 g/mol. The molecule has 2 aliphatic rings. The van der Waals surface area contributed by atoms with Gasteiger partial charge in [-0.05, 0) is 43.9 Å². The molecule has 2 heterocycles. The molecule has 6 heteroatoms. The molecule has 2 aromatic rings. The second-order valence-corrected chi connectivity index (χ2v) is 9.31. The number of aromatic nitrogens is 2. The van der Waals surface area contributed by atoms with Crippen molar-refractivity contribution < 1.29 is 9.50 Å². The van der Waals surface area contributed by atoms with Gasteiger partial charge in [-0.3, -0.25) is 4.90 Å². The van der Waals surface area contributed by atoms with Crippen LogP contribution in [0.15, 0.2) is 30.5 Å². The Labute approximate surface area is 166 Å². The molecule has 1 aromatic heterocycles. The van der Waals surface area contributed by atoms with Crippen LogP contribution in [0.25, 0.3) is 5.69 Å². The second kappa shape index (κ2) is 7.58. The maximum absolute atomic E-state index is 14.3. The molecule has 1 aliphatic heterocycles. The van der Waals surface area contributed by atoms with E-state index < -0.39 is 0 Å². The third-order valence-electron chi connectivity index (χ3n) is 5.87. The molecule has 0 radical (unpaired) electrons. The number of hydrogen-bond donors (Lipinski definition) is 1. The second-order valence-electron chi connectivity index (χ2n) is 9.31. The van der Waals surface area contributed by atoms with Crippen molar-refractivity contribution in [2.24, 2.45) is 5.41 Å². The molecule has 5 nitrogen and oxygen atoms in total. The van der Waals surface area contributed by atoms with Crippen LogP contribution in [0.2, 0.25) is 0 Å². The first-order valence-corrected chi connectivity index (χ1v) is 10.2. The maximum atomic E-state index is 14.3. The van der Waals surface area contributed by atoms with Crippen molar-refractivity contribution in [3.05, 3.63) is 47.5 Å². The van der Waals surface area contributed by atoms with E-state index in [4.69, 9.17) is 0 Å². The fourth-order valence-corrected chi connectivity index (χ4v) is 4.45. The number of benzene rings is 1. The SMILES string of the molecule is CN(CC(O)CN1Cc2cnn(-c3ccccc3F)c2CC(C)(C)C1)C1CC1. The minimum absolute atomic E-state index is 0.0103. The molecule has 1 N–H and O–H groups in total. The van der Waals surface area contributed by atoms with E-state index in [1.807, 2.05) is 12.3 Å². The third kappa shape index (κ3) is 4.29. The van der Waals surface area contributed by atoms with E-state index in [9.17, 15) is 9.50 Å². The van der Waals surface area contributed by atoms with Gasteiger partial charge in [0.05, 0.1) is 12.3 Å². The zero-order chi connectivity index (χ0) is 19.9. The molecule has 0 bridgehead atoms. The molecule has 0 saturated heterocycles. The monoisotopic (exact) mass is 386 g/mol. The molecule has 1 aromatic carbocycles. The fourth-order valence-electron chi connectivity index (χ4n) is 4.45. The number of hydrogen-bond acceptors (Lipinski definition) is 4. The topological polar surface area (TPSA) is 44.5 Å². The number of fused-ring (bicyclic) bond motifs is 1. The van der Waals surface area contributed by atoms with E-state index in [-0.39, 0.29) is 17.3 Å². The molecule has 4 rings (SSSR count). The summed E-state index contributed by atoms with van der Waals surface area (Å²) >= 11 is 0. The summed E-state index contributed by atoms with van der Waals surface area (Å²) in [5.74, 6) is -0.258. The van der Waals surface area contributed by atoms with Gasteiger partial charge in [-0.1, -0.05) is 26.0 Å². The first-order chi connectivity index (χ1) is 13.3. The predicted octanol–water partition coefficient (Wildman–Crippen LogP) is 2.85. The maximum Gasteiger partial charge on any atom is 0.148 e. The minimum atomic E-state index is -0.371. The van der Waals surface area contributed by atoms with Crippen molar-refractivity contribution in [2.75, 3.05) is 26.7 Å². The average Bonchev–Trinajstić information content (AvgIpc) is 3.41. The molecule has 1 aliphatic carbocycles. The lowest BCUT2D eigenvalue weighted by Gasteiger charge is -2.32. The highest BCUT2D eigenvalue weighted by Crippen LogP contribution is 2.32. The summed E-state index contributed by atoms with van der Waals surface area (Å²) in [7, 11) is 2.10. The number of nitrogens with zero attached hydrogens (tertiary/aromatic N) is 4. The van der Waals surface area contributed by atoms with Crippen LogP contribution in [-0.2, 0) is 13.0 Å². The van der Waals surface area contributed by atoms with E-state index in [0.29, 0.717) is 24.8 Å². The standard InChI is InChI=1S/C22H31FN4O/c1-22(2)10-21-16(11-24-27(21)20-7-5-4-6-19(20)23)12-26(15-22)14-18(28)13-25(3)17-8-9-17/h4-7,11,17-18,28H,8-10,12-15H2,1-3H3. The van der Waals surface area contributed by atoms with Gasteiger partial charge in [0.25, 0.3) is 0 Å². The summed E-state index contributed by atoms with van der Waals surface area (Å²) < 4.78 is 16.1. The Hall–Kier alpha value is -1.76. The fraction of sp³-hybridized carbons (Fsp3) is 0.591. The summed E-state index contributed by atoms with van der Waals surface area (Å²) in [5.41, 5.74) is 2.70. The van der Waals surface area contributed by atoms with E-state index in [2.05, 4.69) is 35.8 Å². The zero-order valence-electron chi connectivity index (χ0n) is 17.1. The van der Waals surface area contributed by atoms with Crippen LogP contribution in [0, 0.1) is 11.2 Å². The molecule has 1 atom stereocenters. The summed E-state index contributed by atoms with van der Waals surface area (Å²) in [4.78, 5) is 4.60. The number of halogens is 1. The van der Waals surface area contributed by atoms with Crippen molar-refractivity contribution in [2.45, 2.75) is 51.8 Å². The lowest BCUT2D eigenvalue weighted by molar-refractivity contribution is 0.0630. The highest BCUT2D eigenvalue weighted by Gasteiger charge is 2.33. The molecular formula is C22H31FN4O. The van der Waals surface area contributed by atoms with Crippen molar-refractivity contribution in [1.29, 1.82) is 0 Å². The van der Waals surface area contributed by atoms with Gasteiger partial charge in [0, 0.05) is 43.5 Å². The largest absolute Gasteiger partial charge is 0.390 e. The summed E-state index contributed by atoms with van der Waals surface area (Å²) in [6.45, 7) is 7.45. The van der Waals surface area contributed by atoms with E-state index >= 15 is 0 Å². The number of aliphatic hydroxyl groups excluding tert-OH is 1. The number of para-hydroxylation sites is 1. The lowest BCUT2D eigenvalue weighted by atomic mass is 9.87. The Morgan fingerprint density at radius 3 is 2.79 bits per heavy atom. The molecule has 0 amide bonds. The number of β-amino-alcohol motifs (C(OH)–C–C–N with tert-alkyl or cyclic N) is 1. The summed E-state index contributed by atoms with van der Waals surface area (Å²) in [5, 5.41) is 15.1. The normalized spacial score (nSPS) is 20.8. The average molecular weight is 387 g/mol. The smallest absolute Gasteiger partial charge is 0.148 e. The van der Waals surface area contributed by atoms with E-state index in [1.54, 1.807) is 16.8 Å². The Balaban J connectivity index is 1.54. The van der Waals surface area contributed by atoms with Crippen LogP contribution in [0.5, 0.6) is 0 Å². The molecule has 152 valence electrons. The third-order valence-corrected chi connectivity index (χ3v) is 5.87. The molecule has 0 spiro atoms. The number of likely N-dealkylation sites (N-methyl/N-ethyl adjacent to an activating group) is 1. The molecule has 1 unspecified atom stereocenters. The summed E-state index contributed by atoms with van der Waals surface area (Å²) in [6.07, 6.45) is 4.81. The first kappa shape index (κ1) is 19.6. The van der Waals surface area contributed by atoms with Crippen LogP contribution < -0.4 is 0 Å². The van der Waals surface area contributed by atoms with Crippen LogP contribution >= 0.6 is 0 Å². The predicted molar refractivity (Wildman–Crippen MR) is 108 cm³/mol. The van der Waals surface area contributed by atoms with Crippen molar-refractivity contribution >= 4 is 0 Å². The highest BCUT2D eigenvalue weighted by atomic mass is 19.1. The van der Waals surface area contributed by atoms with Gasteiger partial charge in [-0.25, -0.2) is 9.07 Å². The van der Waals surface area contributed by atoms with Gasteiger partial charge < -0.3 is 10.0 Å². The van der Waals surface area contributed by atoms with Gasteiger partial charge in [0.1, 0.15) is 11.5 Å². The van der Waals surface area contributed by atoms with Gasteiger partial charge in [0.15, 0.2) is 0 Å². The van der Waals surface area contributed by atoms with Crippen LogP contribution in [-0.4, -0.2) is 63.5 Å². The van der Waals surface area contributed by atoms with Gasteiger partial charge in [-0.15, -0.1) is 0 Å². The van der Waals surface area contributed by atoms with Crippen LogP contribution in [0.3, 0.4) is 0 Å². The van der Waals surface area contributed by atoms with Gasteiger partial charge in [0.2, 0.25) is 0 Å². The van der Waals surface area contributed by atoms with E-state index in [1.165, 1.54) is 18.9 Å². The highest BCUT2D eigenvalue weighted by molar-refractivity contribution is 5.37. The molecule has 1 fully saturated rings. The molecule has 1 saturated carbocycles. The summed E-state index contributed by atoms with van der Waals surface area (Å²) in [6, 6.07) is 7.45. The van der Waals surface area contributed by atoms with Gasteiger partial charge >= 0.3 is 0 Å². The number of aliphatic hydroxyl groups is 1. The van der Waals surface area contributed by atoms with Crippen LogP contribution in [0.4, 0.5) is 4.39 Å². The zero-order valence-corrected chi connectivity index (χ0v) is 17.1. The molecule has 28 heavy (non-hydrogen) atoms. The van der Waals surface area contributed by atoms with Crippen molar-refractivity contribution in [3.8, 4) is 5.69 Å². The van der Waals surface area contributed by atoms with Gasteiger partial charge in [-0.2, -0.15) is 5.10 Å².